The van der Waals surface area contributed by atoms with Crippen LogP contribution in [0.15, 0.2) is 40.8 Å². The van der Waals surface area contributed by atoms with E-state index >= 15 is 0 Å². The molecule has 1 aromatic heterocycles. The van der Waals surface area contributed by atoms with Crippen LogP contribution in [-0.2, 0) is 6.18 Å². The maximum atomic E-state index is 12.8. The SMILES string of the molecule is O=C(c1ccc(-c2ccc(C(F)(F)F)cc2)o1)N1CCN2CCC1CC2. The van der Waals surface area contributed by atoms with Gasteiger partial charge in [0.2, 0.25) is 0 Å². The number of hydrogen-bond acceptors (Lipinski definition) is 3. The first-order valence-corrected chi connectivity index (χ1v) is 8.72. The molecule has 3 aliphatic rings. The molecule has 7 heteroatoms. The Balaban J connectivity index is 1.53. The van der Waals surface area contributed by atoms with Crippen LogP contribution in [0.1, 0.15) is 29.0 Å². The number of nitrogens with zero attached hydrogens (tertiary/aromatic N) is 2. The molecule has 0 saturated carbocycles. The first-order chi connectivity index (χ1) is 12.4. The number of furan rings is 1. The largest absolute Gasteiger partial charge is 0.451 e. The number of carbonyl (C=O) groups excluding carboxylic acids is 1. The molecule has 2 aromatic rings. The molecule has 1 aromatic carbocycles. The van der Waals surface area contributed by atoms with Crippen molar-refractivity contribution in [2.75, 3.05) is 26.2 Å². The van der Waals surface area contributed by atoms with Gasteiger partial charge in [0.1, 0.15) is 5.76 Å². The van der Waals surface area contributed by atoms with E-state index in [1.807, 2.05) is 4.90 Å². The molecule has 3 aliphatic heterocycles. The predicted octanol–water partition coefficient (Wildman–Crippen LogP) is 3.89. The highest BCUT2D eigenvalue weighted by Crippen LogP contribution is 2.32. The average molecular weight is 364 g/mol. The van der Waals surface area contributed by atoms with E-state index in [1.54, 1.807) is 12.1 Å². The van der Waals surface area contributed by atoms with Crippen molar-refractivity contribution in [3.63, 3.8) is 0 Å². The van der Waals surface area contributed by atoms with E-state index in [0.717, 1.165) is 44.6 Å². The Bertz CT molecular complexity index is 790. The fourth-order valence-corrected chi connectivity index (χ4v) is 3.73. The van der Waals surface area contributed by atoms with Crippen LogP contribution in [0.3, 0.4) is 0 Å². The van der Waals surface area contributed by atoms with Gasteiger partial charge >= 0.3 is 6.18 Å². The van der Waals surface area contributed by atoms with Crippen LogP contribution in [0.4, 0.5) is 13.2 Å². The lowest BCUT2D eigenvalue weighted by molar-refractivity contribution is -0.137. The Labute approximate surface area is 149 Å². The van der Waals surface area contributed by atoms with Gasteiger partial charge in [-0.3, -0.25) is 4.79 Å². The van der Waals surface area contributed by atoms with Gasteiger partial charge in [-0.05, 0) is 37.1 Å². The Morgan fingerprint density at radius 1 is 0.962 bits per heavy atom. The zero-order valence-corrected chi connectivity index (χ0v) is 14.1. The highest BCUT2D eigenvalue weighted by molar-refractivity contribution is 5.92. The molecule has 0 radical (unpaired) electrons. The maximum absolute atomic E-state index is 12.8. The second kappa shape index (κ2) is 6.46. The van der Waals surface area contributed by atoms with Crippen molar-refractivity contribution < 1.29 is 22.4 Å². The van der Waals surface area contributed by atoms with Crippen LogP contribution in [0, 0.1) is 0 Å². The van der Waals surface area contributed by atoms with Crippen LogP contribution in [0.25, 0.3) is 11.3 Å². The molecule has 0 atom stereocenters. The van der Waals surface area contributed by atoms with Crippen LogP contribution in [0.2, 0.25) is 0 Å². The third-order valence-electron chi connectivity index (χ3n) is 5.23. The summed E-state index contributed by atoms with van der Waals surface area (Å²) < 4.78 is 43.7. The van der Waals surface area contributed by atoms with Gasteiger partial charge in [-0.25, -0.2) is 0 Å². The molecule has 0 spiro atoms. The molecule has 1 amide bonds. The van der Waals surface area contributed by atoms with Crippen LogP contribution < -0.4 is 0 Å². The Morgan fingerprint density at radius 2 is 1.65 bits per heavy atom. The summed E-state index contributed by atoms with van der Waals surface area (Å²) in [6.45, 7) is 3.58. The number of benzene rings is 1. The number of carbonyl (C=O) groups is 1. The molecule has 0 aliphatic carbocycles. The third-order valence-corrected chi connectivity index (χ3v) is 5.23. The summed E-state index contributed by atoms with van der Waals surface area (Å²) in [7, 11) is 0. The zero-order chi connectivity index (χ0) is 18.3. The number of rotatable bonds is 2. The van der Waals surface area contributed by atoms with E-state index in [9.17, 15) is 18.0 Å². The van der Waals surface area contributed by atoms with Gasteiger partial charge in [0, 0.05) is 37.8 Å². The topological polar surface area (TPSA) is 36.7 Å². The number of piperidine rings is 1. The molecular formula is C19H19F3N2O2. The van der Waals surface area contributed by atoms with E-state index in [0.29, 0.717) is 17.9 Å². The standard InChI is InChI=1S/C19H19F3N2O2/c20-19(21,22)14-3-1-13(2-4-14)16-5-6-17(26-16)18(25)24-12-11-23-9-7-15(24)8-10-23/h1-6,15H,7-12H2. The average Bonchev–Trinajstić information content (AvgIpc) is 2.94. The fraction of sp³-hybridized carbons (Fsp3) is 0.421. The van der Waals surface area contributed by atoms with Crippen LogP contribution in [-0.4, -0.2) is 47.9 Å². The minimum Gasteiger partial charge on any atom is -0.451 e. The number of fused-ring (bicyclic) bond motifs is 4. The summed E-state index contributed by atoms with van der Waals surface area (Å²) in [5, 5.41) is 0. The number of hydrogen-bond donors (Lipinski definition) is 0. The molecule has 3 saturated heterocycles. The predicted molar refractivity (Wildman–Crippen MR) is 89.6 cm³/mol. The molecule has 5 rings (SSSR count). The molecular weight excluding hydrogens is 345 g/mol. The lowest BCUT2D eigenvalue weighted by atomic mass is 10.1. The van der Waals surface area contributed by atoms with Gasteiger partial charge in [-0.1, -0.05) is 12.1 Å². The summed E-state index contributed by atoms with van der Waals surface area (Å²) >= 11 is 0. The monoisotopic (exact) mass is 364 g/mol. The number of alkyl halides is 3. The van der Waals surface area contributed by atoms with Gasteiger partial charge in [-0.2, -0.15) is 13.2 Å². The quantitative estimate of drug-likeness (QED) is 0.811. The zero-order valence-electron chi connectivity index (χ0n) is 14.1. The van der Waals surface area contributed by atoms with Crippen molar-refractivity contribution in [3.8, 4) is 11.3 Å². The minimum absolute atomic E-state index is 0.142. The molecule has 4 heterocycles. The van der Waals surface area contributed by atoms with Crippen molar-refractivity contribution in [1.29, 1.82) is 0 Å². The minimum atomic E-state index is -4.37. The smallest absolute Gasteiger partial charge is 0.416 e. The van der Waals surface area contributed by atoms with Gasteiger partial charge < -0.3 is 14.2 Å². The van der Waals surface area contributed by atoms with Crippen molar-refractivity contribution in [3.05, 3.63) is 47.7 Å². The van der Waals surface area contributed by atoms with E-state index in [4.69, 9.17) is 4.42 Å². The Kier molecular flexibility index (Phi) is 4.26. The fourth-order valence-electron chi connectivity index (χ4n) is 3.73. The molecule has 3 fully saturated rings. The van der Waals surface area contributed by atoms with Crippen molar-refractivity contribution >= 4 is 5.91 Å². The van der Waals surface area contributed by atoms with E-state index in [1.165, 1.54) is 12.1 Å². The molecule has 0 unspecified atom stereocenters. The second-order valence-corrected chi connectivity index (χ2v) is 6.81. The lowest BCUT2D eigenvalue weighted by Crippen LogP contribution is -2.41. The summed E-state index contributed by atoms with van der Waals surface area (Å²) in [4.78, 5) is 17.1. The summed E-state index contributed by atoms with van der Waals surface area (Å²) in [5.74, 6) is 0.488. The summed E-state index contributed by atoms with van der Waals surface area (Å²) in [5.41, 5.74) is -0.195. The maximum Gasteiger partial charge on any atom is 0.416 e. The highest BCUT2D eigenvalue weighted by atomic mass is 19.4. The van der Waals surface area contributed by atoms with Gasteiger partial charge in [0.05, 0.1) is 5.56 Å². The van der Waals surface area contributed by atoms with Gasteiger partial charge in [0.15, 0.2) is 5.76 Å². The molecule has 4 nitrogen and oxygen atoms in total. The van der Waals surface area contributed by atoms with Crippen LogP contribution >= 0.6 is 0 Å². The number of amides is 1. The van der Waals surface area contributed by atoms with Crippen LogP contribution in [0.5, 0.6) is 0 Å². The van der Waals surface area contributed by atoms with E-state index in [2.05, 4.69) is 4.90 Å². The van der Waals surface area contributed by atoms with Gasteiger partial charge in [-0.15, -0.1) is 0 Å². The summed E-state index contributed by atoms with van der Waals surface area (Å²) in [6.07, 6.45) is -2.43. The molecule has 26 heavy (non-hydrogen) atoms. The summed E-state index contributed by atoms with van der Waals surface area (Å²) in [6, 6.07) is 8.22. The van der Waals surface area contributed by atoms with Crippen molar-refractivity contribution in [2.24, 2.45) is 0 Å². The second-order valence-electron chi connectivity index (χ2n) is 6.81. The van der Waals surface area contributed by atoms with Crippen molar-refractivity contribution in [2.45, 2.75) is 25.1 Å². The first kappa shape index (κ1) is 17.1. The molecule has 138 valence electrons. The molecule has 0 N–H and O–H groups in total. The highest BCUT2D eigenvalue weighted by Gasteiger charge is 2.33. The van der Waals surface area contributed by atoms with E-state index in [-0.39, 0.29) is 17.7 Å². The van der Waals surface area contributed by atoms with Crippen molar-refractivity contribution in [1.82, 2.24) is 9.80 Å². The lowest BCUT2D eigenvalue weighted by Gasteiger charge is -2.30. The Morgan fingerprint density at radius 3 is 2.31 bits per heavy atom. The third kappa shape index (κ3) is 3.23. The van der Waals surface area contributed by atoms with Gasteiger partial charge in [0.25, 0.3) is 5.91 Å². The van der Waals surface area contributed by atoms with E-state index < -0.39 is 11.7 Å². The first-order valence-electron chi connectivity index (χ1n) is 8.72. The number of halogens is 3. The Hall–Kier alpha value is -2.28. The molecule has 2 bridgehead atoms. The normalized spacial score (nSPS) is 23.1.